The van der Waals surface area contributed by atoms with Crippen LogP contribution in [0.3, 0.4) is 0 Å². The van der Waals surface area contributed by atoms with Crippen LogP contribution < -0.4 is 10.2 Å². The van der Waals surface area contributed by atoms with Gasteiger partial charge in [-0.05, 0) is 6.42 Å². The van der Waals surface area contributed by atoms with Crippen molar-refractivity contribution in [1.82, 2.24) is 30.0 Å². The fourth-order valence-electron chi connectivity index (χ4n) is 3.20. The number of anilines is 1. The van der Waals surface area contributed by atoms with Crippen LogP contribution in [0.2, 0.25) is 5.02 Å². The number of rotatable bonds is 4. The minimum atomic E-state index is -4.71. The molecule has 156 valence electrons. The van der Waals surface area contributed by atoms with Crippen LogP contribution in [0.25, 0.3) is 11.3 Å². The van der Waals surface area contributed by atoms with Gasteiger partial charge in [0.25, 0.3) is 0 Å². The minimum absolute atomic E-state index is 0.00614. The molecule has 4 rings (SSSR count). The second-order valence-corrected chi connectivity index (χ2v) is 7.31. The number of amides is 1. The van der Waals surface area contributed by atoms with E-state index < -0.39 is 16.9 Å². The van der Waals surface area contributed by atoms with E-state index in [4.69, 9.17) is 11.6 Å². The molecule has 0 atom stereocenters. The summed E-state index contributed by atoms with van der Waals surface area (Å²) in [5, 5.41) is 6.70. The fraction of sp³-hybridized carbons (Fsp3) is 0.529. The van der Waals surface area contributed by atoms with E-state index in [1.165, 1.54) is 17.1 Å². The number of piperazine rings is 1. The quantitative estimate of drug-likeness (QED) is 0.796. The highest BCUT2D eigenvalue weighted by molar-refractivity contribution is 6.33. The van der Waals surface area contributed by atoms with Crippen LogP contribution >= 0.6 is 11.6 Å². The van der Waals surface area contributed by atoms with Crippen LogP contribution in [0.5, 0.6) is 0 Å². The Morgan fingerprint density at radius 2 is 1.90 bits per heavy atom. The van der Waals surface area contributed by atoms with Crippen molar-refractivity contribution in [3.05, 3.63) is 23.1 Å². The molecule has 1 amide bonds. The number of aromatic nitrogens is 4. The van der Waals surface area contributed by atoms with Gasteiger partial charge in [0, 0.05) is 51.0 Å². The molecule has 0 spiro atoms. The van der Waals surface area contributed by atoms with Gasteiger partial charge in [0.15, 0.2) is 5.69 Å². The second-order valence-electron chi connectivity index (χ2n) is 6.93. The highest BCUT2D eigenvalue weighted by Gasteiger charge is 2.38. The molecular formula is C17H19ClF3N7O. The topological polar surface area (TPSA) is 79.2 Å². The van der Waals surface area contributed by atoms with Gasteiger partial charge in [-0.25, -0.2) is 9.97 Å². The molecule has 2 aromatic heterocycles. The normalized spacial score (nSPS) is 17.4. The predicted molar refractivity (Wildman–Crippen MR) is 99.5 cm³/mol. The molecule has 2 aromatic rings. The van der Waals surface area contributed by atoms with E-state index in [0.717, 1.165) is 19.5 Å². The maximum Gasteiger partial charge on any atom is 0.435 e. The number of hydrogen-bond acceptors (Lipinski definition) is 6. The Kier molecular flexibility index (Phi) is 5.34. The molecule has 12 heteroatoms. The number of halogens is 4. The molecule has 29 heavy (non-hydrogen) atoms. The summed E-state index contributed by atoms with van der Waals surface area (Å²) < 4.78 is 41.7. The third-order valence-corrected chi connectivity index (χ3v) is 5.28. The van der Waals surface area contributed by atoms with Crippen LogP contribution in [0.15, 0.2) is 12.4 Å². The summed E-state index contributed by atoms with van der Waals surface area (Å²) >= 11 is 6.02. The third-order valence-electron chi connectivity index (χ3n) is 4.92. The van der Waals surface area contributed by atoms with Gasteiger partial charge in [-0.1, -0.05) is 11.6 Å². The Hall–Kier alpha value is -2.40. The number of carbonyl (C=O) groups excluding carboxylic acids is 1. The van der Waals surface area contributed by atoms with Crippen molar-refractivity contribution in [1.29, 1.82) is 0 Å². The second kappa shape index (κ2) is 7.79. The number of hydrogen-bond donors (Lipinski definition) is 1. The average molecular weight is 430 g/mol. The van der Waals surface area contributed by atoms with Gasteiger partial charge in [-0.2, -0.15) is 18.3 Å². The lowest BCUT2D eigenvalue weighted by molar-refractivity contribution is -0.141. The summed E-state index contributed by atoms with van der Waals surface area (Å²) in [6, 6.07) is 0. The average Bonchev–Trinajstić information content (AvgIpc) is 3.09. The summed E-state index contributed by atoms with van der Waals surface area (Å²) in [6.07, 6.45) is -0.995. The molecular weight excluding hydrogens is 411 g/mol. The van der Waals surface area contributed by atoms with Crippen molar-refractivity contribution in [2.24, 2.45) is 0 Å². The van der Waals surface area contributed by atoms with Gasteiger partial charge in [-0.3, -0.25) is 9.48 Å². The molecule has 1 N–H and O–H groups in total. The first-order chi connectivity index (χ1) is 13.8. The van der Waals surface area contributed by atoms with Gasteiger partial charge >= 0.3 is 6.18 Å². The predicted octanol–water partition coefficient (Wildman–Crippen LogP) is 1.65. The Morgan fingerprint density at radius 1 is 1.17 bits per heavy atom. The summed E-state index contributed by atoms with van der Waals surface area (Å²) in [4.78, 5) is 23.6. The molecule has 0 radical (unpaired) electrons. The lowest BCUT2D eigenvalue weighted by Crippen LogP contribution is -2.47. The van der Waals surface area contributed by atoms with E-state index in [2.05, 4.69) is 20.4 Å². The van der Waals surface area contributed by atoms with Crippen LogP contribution in [0, 0.1) is 0 Å². The molecule has 2 aliphatic rings. The van der Waals surface area contributed by atoms with Crippen molar-refractivity contribution in [3.63, 3.8) is 0 Å². The fourth-order valence-corrected chi connectivity index (χ4v) is 3.50. The van der Waals surface area contributed by atoms with Gasteiger partial charge in [-0.15, -0.1) is 0 Å². The molecule has 8 nitrogen and oxygen atoms in total. The van der Waals surface area contributed by atoms with Gasteiger partial charge in [0.1, 0.15) is 6.54 Å². The molecule has 0 saturated carbocycles. The molecule has 2 aliphatic heterocycles. The molecule has 4 heterocycles. The number of nitrogens with one attached hydrogen (secondary N) is 1. The monoisotopic (exact) mass is 429 g/mol. The Bertz CT molecular complexity index is 907. The van der Waals surface area contributed by atoms with Gasteiger partial charge in [0.2, 0.25) is 11.9 Å². The van der Waals surface area contributed by atoms with Crippen LogP contribution in [0.1, 0.15) is 12.1 Å². The number of nitrogens with zero attached hydrogens (tertiary/aromatic N) is 6. The zero-order chi connectivity index (χ0) is 20.6. The lowest BCUT2D eigenvalue weighted by atomic mass is 10.2. The van der Waals surface area contributed by atoms with Gasteiger partial charge < -0.3 is 15.1 Å². The zero-order valence-electron chi connectivity index (χ0n) is 15.4. The molecule has 0 aromatic carbocycles. The first kappa shape index (κ1) is 19.9. The summed E-state index contributed by atoms with van der Waals surface area (Å²) in [6.45, 7) is 3.86. The first-order valence-corrected chi connectivity index (χ1v) is 9.62. The van der Waals surface area contributed by atoms with E-state index in [0.29, 0.717) is 31.7 Å². The third kappa shape index (κ3) is 4.15. The summed E-state index contributed by atoms with van der Waals surface area (Å²) in [7, 11) is 0. The van der Waals surface area contributed by atoms with Crippen LogP contribution in [-0.4, -0.2) is 69.8 Å². The van der Waals surface area contributed by atoms with Crippen LogP contribution in [-0.2, 0) is 17.5 Å². The Labute approximate surface area is 169 Å². The maximum atomic E-state index is 13.4. The van der Waals surface area contributed by atoms with Crippen molar-refractivity contribution >= 4 is 23.5 Å². The summed E-state index contributed by atoms with van der Waals surface area (Å²) in [5.74, 6) is -0.111. The smallest absolute Gasteiger partial charge is 0.341 e. The van der Waals surface area contributed by atoms with Crippen LogP contribution in [0.4, 0.5) is 19.1 Å². The zero-order valence-corrected chi connectivity index (χ0v) is 16.2. The first-order valence-electron chi connectivity index (χ1n) is 9.24. The van der Waals surface area contributed by atoms with Gasteiger partial charge in [0.05, 0.1) is 16.9 Å². The highest BCUT2D eigenvalue weighted by atomic mass is 35.5. The number of alkyl halides is 3. The van der Waals surface area contributed by atoms with Crippen molar-refractivity contribution in [3.8, 4) is 11.3 Å². The number of carbonyl (C=O) groups is 1. The van der Waals surface area contributed by atoms with Crippen molar-refractivity contribution < 1.29 is 18.0 Å². The van der Waals surface area contributed by atoms with E-state index in [9.17, 15) is 18.0 Å². The largest absolute Gasteiger partial charge is 0.435 e. The molecule has 0 unspecified atom stereocenters. The minimum Gasteiger partial charge on any atom is -0.341 e. The molecule has 2 saturated heterocycles. The Balaban J connectivity index is 1.61. The van der Waals surface area contributed by atoms with E-state index in [-0.39, 0.29) is 24.1 Å². The van der Waals surface area contributed by atoms with Crippen molar-refractivity contribution in [2.45, 2.75) is 19.1 Å². The van der Waals surface area contributed by atoms with Crippen molar-refractivity contribution in [2.75, 3.05) is 44.2 Å². The highest BCUT2D eigenvalue weighted by Crippen LogP contribution is 2.39. The SMILES string of the molecule is O=C(Cn1cc(-c2nc(N3CCC3)nc(C(F)(F)F)c2Cl)cn1)N1CCNCC1. The molecule has 2 fully saturated rings. The van der Waals surface area contributed by atoms with E-state index in [1.54, 1.807) is 9.80 Å². The Morgan fingerprint density at radius 3 is 2.52 bits per heavy atom. The standard InChI is InChI=1S/C17H19ClF3N7O/c18-13-14(24-16(27-4-1-5-27)25-15(13)17(19,20)21)11-8-23-28(9-11)10-12(29)26-6-2-22-3-7-26/h8-9,22H,1-7,10H2. The molecule has 0 bridgehead atoms. The summed E-state index contributed by atoms with van der Waals surface area (Å²) in [5.41, 5.74) is -0.912. The molecule has 0 aliphatic carbocycles. The van der Waals surface area contributed by atoms with E-state index in [1.807, 2.05) is 0 Å². The van der Waals surface area contributed by atoms with E-state index >= 15 is 0 Å². The lowest BCUT2D eigenvalue weighted by Gasteiger charge is -2.31. The maximum absolute atomic E-state index is 13.4.